The molecule has 0 aliphatic carbocycles. The van der Waals surface area contributed by atoms with Gasteiger partial charge in [-0.1, -0.05) is 0 Å². The number of carbonyl (C=O) groups is 3. The molecule has 0 aliphatic heterocycles. The van der Waals surface area contributed by atoms with E-state index in [1.54, 1.807) is 0 Å². The van der Waals surface area contributed by atoms with E-state index >= 15 is 0 Å². The first-order valence-corrected chi connectivity index (χ1v) is 8.46. The predicted molar refractivity (Wildman–Crippen MR) is 91.6 cm³/mol. The van der Waals surface area contributed by atoms with Crippen molar-refractivity contribution in [1.82, 2.24) is 0 Å². The van der Waals surface area contributed by atoms with Gasteiger partial charge in [-0.25, -0.2) is 4.79 Å². The van der Waals surface area contributed by atoms with E-state index in [9.17, 15) is 24.6 Å². The fourth-order valence-corrected chi connectivity index (χ4v) is 1.32. The second kappa shape index (κ2) is 20.0. The molecule has 0 saturated heterocycles. The van der Waals surface area contributed by atoms with Crippen molar-refractivity contribution in [2.75, 3.05) is 13.2 Å². The van der Waals surface area contributed by atoms with Crippen LogP contribution in [0.25, 0.3) is 0 Å². The summed E-state index contributed by atoms with van der Waals surface area (Å²) < 4.78 is 0. The molecule has 0 fully saturated rings. The van der Waals surface area contributed by atoms with Gasteiger partial charge >= 0.3 is 25.4 Å². The van der Waals surface area contributed by atoms with E-state index in [1.165, 1.54) is 6.92 Å². The smallest absolute Gasteiger partial charge is 0.547 e. The van der Waals surface area contributed by atoms with Gasteiger partial charge in [0.05, 0.1) is 25.2 Å². The van der Waals surface area contributed by atoms with E-state index in [0.29, 0.717) is 0 Å². The number of aliphatic hydroxyl groups is 11. The van der Waals surface area contributed by atoms with Crippen LogP contribution in [0.15, 0.2) is 0 Å². The molecule has 12 N–H and O–H groups in total. The third kappa shape index (κ3) is 16.8. The van der Waals surface area contributed by atoms with Gasteiger partial charge in [-0.15, -0.1) is 0 Å². The van der Waals surface area contributed by atoms with Crippen molar-refractivity contribution < 1.29 is 105 Å². The first-order chi connectivity index (χ1) is 14.5. The summed E-state index contributed by atoms with van der Waals surface area (Å²) in [5.41, 5.74) is 0. The van der Waals surface area contributed by atoms with Crippen LogP contribution in [0.2, 0.25) is 0 Å². The molecule has 0 aromatic rings. The maximum absolute atomic E-state index is 9.98. The number of carbonyl (C=O) groups excluding carboxylic acids is 2. The molecule has 18 heteroatoms. The van der Waals surface area contributed by atoms with E-state index in [2.05, 4.69) is 0 Å². The molecule has 0 aromatic carbocycles. The van der Waals surface area contributed by atoms with Crippen LogP contribution in [0.4, 0.5) is 0 Å². The summed E-state index contributed by atoms with van der Waals surface area (Å²) in [6.07, 6.45) is -17.4. The monoisotopic (exact) mass is 544 g/mol. The van der Waals surface area contributed by atoms with Gasteiger partial charge in [0.15, 0.2) is 0 Å². The van der Waals surface area contributed by atoms with Crippen LogP contribution in [-0.2, 0) is 33.9 Å². The fraction of sp³-hybridized carbons (Fsp3) is 0.800. The van der Waals surface area contributed by atoms with Crippen LogP contribution in [0.3, 0.4) is 0 Å². The Morgan fingerprint density at radius 2 is 0.848 bits per heavy atom. The first-order valence-electron chi connectivity index (χ1n) is 8.46. The number of carboxylic acid groups (broad SMARTS) is 3. The minimum Gasteiger partial charge on any atom is -0.547 e. The molecular formula is C15H28O17Zn. The Kier molecular flexibility index (Phi) is 23.5. The molecule has 0 spiro atoms. The van der Waals surface area contributed by atoms with Crippen LogP contribution >= 0.6 is 0 Å². The molecule has 0 rings (SSSR count). The van der Waals surface area contributed by atoms with Crippen LogP contribution in [0.5, 0.6) is 0 Å². The molecule has 0 bridgehead atoms. The zero-order chi connectivity index (χ0) is 26.3. The quantitative estimate of drug-likeness (QED) is 0.107. The van der Waals surface area contributed by atoms with E-state index in [4.69, 9.17) is 61.3 Å². The molecular weight excluding hydrogens is 518 g/mol. The molecule has 0 aromatic heterocycles. The van der Waals surface area contributed by atoms with E-state index in [-0.39, 0.29) is 19.5 Å². The first kappa shape index (κ1) is 38.8. The van der Waals surface area contributed by atoms with Crippen molar-refractivity contribution in [3.8, 4) is 0 Å². The standard InChI is InChI=1S/2C6H12O7.C3H6O3.Zn/c2*7-1-2(8)3(9)4(10)5(11)6(12)13;1-2(4)3(5)6;/h2*2-5,7-11H,1H2,(H,12,13);2,4H,1H3,(H,5,6);/q;;;+2/p-2. The van der Waals surface area contributed by atoms with Crippen molar-refractivity contribution in [2.45, 2.75) is 61.9 Å². The Hall–Kier alpha value is -1.41. The van der Waals surface area contributed by atoms with Gasteiger partial charge in [0.25, 0.3) is 0 Å². The summed E-state index contributed by atoms with van der Waals surface area (Å²) in [5.74, 6) is -5.14. The maximum atomic E-state index is 9.98. The Morgan fingerprint density at radius 1 is 0.636 bits per heavy atom. The number of aliphatic hydroxyl groups excluding tert-OH is 11. The molecule has 192 valence electrons. The van der Waals surface area contributed by atoms with Crippen LogP contribution in [0.1, 0.15) is 6.92 Å². The van der Waals surface area contributed by atoms with Gasteiger partial charge in [-0.3, -0.25) is 0 Å². The average molecular weight is 546 g/mol. The third-order valence-electron chi connectivity index (χ3n) is 3.35. The molecule has 0 saturated carbocycles. The Bertz CT molecular complexity index is 509. The summed E-state index contributed by atoms with van der Waals surface area (Å²) in [4.78, 5) is 29.4. The topological polar surface area (TPSA) is 340 Å². The summed E-state index contributed by atoms with van der Waals surface area (Å²) in [7, 11) is 0. The molecule has 0 aliphatic rings. The molecule has 33 heavy (non-hydrogen) atoms. The van der Waals surface area contributed by atoms with Gasteiger partial charge < -0.3 is 81.1 Å². The third-order valence-corrected chi connectivity index (χ3v) is 3.35. The van der Waals surface area contributed by atoms with Crippen molar-refractivity contribution >= 4 is 17.9 Å². The predicted octanol–water partition coefficient (Wildman–Crippen LogP) is -10.2. The SMILES string of the molecule is CC(O)C(=O)O.O=C([O-])C(O)C(O)C(O)C(O)CO.O=C([O-])C(O)C(O)C(O)C(O)CO.[Zn+2]. The van der Waals surface area contributed by atoms with Gasteiger partial charge in [0.2, 0.25) is 0 Å². The maximum Gasteiger partial charge on any atom is 2.00 e. The molecule has 0 heterocycles. The van der Waals surface area contributed by atoms with E-state index < -0.39 is 86.1 Å². The minimum absolute atomic E-state index is 0. The van der Waals surface area contributed by atoms with Crippen LogP contribution < -0.4 is 10.2 Å². The second-order valence-corrected chi connectivity index (χ2v) is 6.00. The van der Waals surface area contributed by atoms with Crippen molar-refractivity contribution in [2.24, 2.45) is 0 Å². The van der Waals surface area contributed by atoms with Crippen LogP contribution in [-0.4, -0.2) is 147 Å². The Balaban J connectivity index is -0.000000201. The largest absolute Gasteiger partial charge is 2.00 e. The Labute approximate surface area is 198 Å². The second-order valence-electron chi connectivity index (χ2n) is 6.00. The number of aliphatic carboxylic acids is 3. The van der Waals surface area contributed by atoms with Crippen molar-refractivity contribution in [3.63, 3.8) is 0 Å². The number of hydrogen-bond donors (Lipinski definition) is 12. The minimum atomic E-state index is -2.31. The van der Waals surface area contributed by atoms with Crippen molar-refractivity contribution in [3.05, 3.63) is 0 Å². The molecule has 0 radical (unpaired) electrons. The van der Waals surface area contributed by atoms with E-state index in [1.807, 2.05) is 0 Å². The molecule has 17 nitrogen and oxygen atoms in total. The molecule has 9 atom stereocenters. The zero-order valence-corrected chi connectivity index (χ0v) is 20.2. The summed E-state index contributed by atoms with van der Waals surface area (Å²) in [5, 5.41) is 123. The number of carboxylic acids is 3. The average Bonchev–Trinajstić information content (AvgIpc) is 2.75. The molecule has 0 amide bonds. The normalized spacial score (nSPS) is 18.5. The zero-order valence-electron chi connectivity index (χ0n) is 17.2. The van der Waals surface area contributed by atoms with Crippen LogP contribution in [0, 0.1) is 0 Å². The van der Waals surface area contributed by atoms with Gasteiger partial charge in [0, 0.05) is 0 Å². The summed E-state index contributed by atoms with van der Waals surface area (Å²) in [6, 6.07) is 0. The van der Waals surface area contributed by atoms with Gasteiger partial charge in [0.1, 0.15) is 54.9 Å². The van der Waals surface area contributed by atoms with E-state index in [0.717, 1.165) is 0 Å². The summed E-state index contributed by atoms with van der Waals surface area (Å²) >= 11 is 0. The van der Waals surface area contributed by atoms with Crippen molar-refractivity contribution in [1.29, 1.82) is 0 Å². The van der Waals surface area contributed by atoms with Gasteiger partial charge in [-0.2, -0.15) is 0 Å². The summed E-state index contributed by atoms with van der Waals surface area (Å²) in [6.45, 7) is -0.529. The Morgan fingerprint density at radius 3 is 0.970 bits per heavy atom. The fourth-order valence-electron chi connectivity index (χ4n) is 1.32. The number of hydrogen-bond acceptors (Lipinski definition) is 16. The van der Waals surface area contributed by atoms with Gasteiger partial charge in [-0.05, 0) is 6.92 Å². The molecule has 9 unspecified atom stereocenters. The number of rotatable bonds is 11.